The van der Waals surface area contributed by atoms with E-state index in [1.807, 2.05) is 18.3 Å². The molecule has 1 unspecified atom stereocenters. The van der Waals surface area contributed by atoms with Gasteiger partial charge in [-0.05, 0) is 44.7 Å². The van der Waals surface area contributed by atoms with Crippen LogP contribution in [-0.4, -0.2) is 10.5 Å². The Kier molecular flexibility index (Phi) is 4.31. The van der Waals surface area contributed by atoms with Crippen molar-refractivity contribution in [3.05, 3.63) is 30.1 Å². The number of aromatic nitrogens is 1. The number of hydrogen-bond donors (Lipinski definition) is 1. The minimum absolute atomic E-state index is 0.120. The average molecular weight is 234 g/mol. The molecule has 0 spiro atoms. The first-order valence-electron chi connectivity index (χ1n) is 6.38. The van der Waals surface area contributed by atoms with Gasteiger partial charge in [0.05, 0.1) is 5.69 Å². The van der Waals surface area contributed by atoms with Crippen LogP contribution < -0.4 is 5.32 Å². The van der Waals surface area contributed by atoms with Crippen LogP contribution in [0.5, 0.6) is 0 Å². The van der Waals surface area contributed by atoms with Gasteiger partial charge in [0.2, 0.25) is 0 Å². The van der Waals surface area contributed by atoms with Gasteiger partial charge in [-0.3, -0.25) is 4.98 Å². The van der Waals surface area contributed by atoms with E-state index in [2.05, 4.69) is 57.9 Å². The summed E-state index contributed by atoms with van der Waals surface area (Å²) >= 11 is 0. The van der Waals surface area contributed by atoms with Crippen LogP contribution in [0, 0.1) is 5.41 Å². The van der Waals surface area contributed by atoms with Gasteiger partial charge in [0.15, 0.2) is 0 Å². The highest BCUT2D eigenvalue weighted by Gasteiger charge is 2.27. The Labute approximate surface area is 106 Å². The van der Waals surface area contributed by atoms with Crippen molar-refractivity contribution in [3.8, 4) is 0 Å². The van der Waals surface area contributed by atoms with E-state index in [0.29, 0.717) is 5.41 Å². The lowest BCUT2D eigenvalue weighted by Gasteiger charge is -2.35. The largest absolute Gasteiger partial charge is 0.304 e. The Bertz CT molecular complexity index is 336. The molecule has 0 fully saturated rings. The van der Waals surface area contributed by atoms with Crippen molar-refractivity contribution in [2.45, 2.75) is 59.5 Å². The SMILES string of the molecule is CC(NC(C)(C)CC(C)(C)C)c1ccccn1. The second-order valence-electron chi connectivity index (χ2n) is 6.74. The van der Waals surface area contributed by atoms with Gasteiger partial charge in [-0.2, -0.15) is 0 Å². The summed E-state index contributed by atoms with van der Waals surface area (Å²) in [5.41, 5.74) is 1.56. The van der Waals surface area contributed by atoms with Gasteiger partial charge in [-0.25, -0.2) is 0 Å². The fourth-order valence-electron chi connectivity index (χ4n) is 2.67. The first-order valence-corrected chi connectivity index (χ1v) is 6.38. The maximum absolute atomic E-state index is 4.40. The molecule has 0 aliphatic carbocycles. The Morgan fingerprint density at radius 3 is 2.29 bits per heavy atom. The minimum Gasteiger partial charge on any atom is -0.304 e. The second kappa shape index (κ2) is 5.18. The van der Waals surface area contributed by atoms with Crippen LogP contribution in [0.4, 0.5) is 0 Å². The number of nitrogens with one attached hydrogen (secondary N) is 1. The molecule has 0 amide bonds. The molecule has 0 aromatic carbocycles. The third-order valence-corrected chi connectivity index (χ3v) is 2.71. The molecule has 0 saturated carbocycles. The number of hydrogen-bond acceptors (Lipinski definition) is 2. The third-order valence-electron chi connectivity index (χ3n) is 2.71. The van der Waals surface area contributed by atoms with Crippen LogP contribution in [0.1, 0.15) is 59.7 Å². The van der Waals surface area contributed by atoms with Crippen LogP contribution in [0.3, 0.4) is 0 Å². The fraction of sp³-hybridized carbons (Fsp3) is 0.667. The molecular formula is C15H26N2. The molecular weight excluding hydrogens is 208 g/mol. The number of nitrogens with zero attached hydrogens (tertiary/aromatic N) is 1. The maximum Gasteiger partial charge on any atom is 0.0570 e. The Hall–Kier alpha value is -0.890. The smallest absolute Gasteiger partial charge is 0.0570 e. The van der Waals surface area contributed by atoms with Crippen molar-refractivity contribution >= 4 is 0 Å². The molecule has 2 heteroatoms. The zero-order valence-corrected chi connectivity index (χ0v) is 12.0. The van der Waals surface area contributed by atoms with Gasteiger partial charge in [0.25, 0.3) is 0 Å². The molecule has 96 valence electrons. The van der Waals surface area contributed by atoms with E-state index in [-0.39, 0.29) is 11.6 Å². The van der Waals surface area contributed by atoms with Crippen LogP contribution in [0.2, 0.25) is 0 Å². The molecule has 0 radical (unpaired) electrons. The second-order valence-corrected chi connectivity index (χ2v) is 6.74. The molecule has 2 nitrogen and oxygen atoms in total. The summed E-state index contributed by atoms with van der Waals surface area (Å²) in [5, 5.41) is 3.67. The molecule has 0 aliphatic heterocycles. The quantitative estimate of drug-likeness (QED) is 0.853. The zero-order valence-electron chi connectivity index (χ0n) is 12.0. The Morgan fingerprint density at radius 2 is 1.82 bits per heavy atom. The molecule has 1 N–H and O–H groups in total. The predicted molar refractivity (Wildman–Crippen MR) is 73.9 cm³/mol. The van der Waals surface area contributed by atoms with Crippen molar-refractivity contribution in [3.63, 3.8) is 0 Å². The van der Waals surface area contributed by atoms with Gasteiger partial charge in [-0.1, -0.05) is 26.8 Å². The maximum atomic E-state index is 4.40. The lowest BCUT2D eigenvalue weighted by atomic mass is 9.81. The van der Waals surface area contributed by atoms with E-state index >= 15 is 0 Å². The molecule has 1 aromatic heterocycles. The van der Waals surface area contributed by atoms with Crippen LogP contribution >= 0.6 is 0 Å². The molecule has 1 heterocycles. The Morgan fingerprint density at radius 1 is 1.18 bits per heavy atom. The van der Waals surface area contributed by atoms with E-state index in [4.69, 9.17) is 0 Å². The highest BCUT2D eigenvalue weighted by Crippen LogP contribution is 2.28. The molecule has 0 aliphatic rings. The monoisotopic (exact) mass is 234 g/mol. The van der Waals surface area contributed by atoms with E-state index in [1.54, 1.807) is 0 Å². The summed E-state index contributed by atoms with van der Waals surface area (Å²) in [4.78, 5) is 4.40. The molecule has 0 saturated heterocycles. The van der Waals surface area contributed by atoms with Gasteiger partial charge in [-0.15, -0.1) is 0 Å². The van der Waals surface area contributed by atoms with Gasteiger partial charge in [0, 0.05) is 17.8 Å². The predicted octanol–water partition coefficient (Wildman–Crippen LogP) is 3.95. The summed E-state index contributed by atoms with van der Waals surface area (Å²) in [7, 11) is 0. The van der Waals surface area contributed by atoms with E-state index in [0.717, 1.165) is 12.1 Å². The van der Waals surface area contributed by atoms with Gasteiger partial charge < -0.3 is 5.32 Å². The molecule has 17 heavy (non-hydrogen) atoms. The normalized spacial score (nSPS) is 14.7. The van der Waals surface area contributed by atoms with Crippen molar-refractivity contribution in [1.82, 2.24) is 10.3 Å². The molecule has 1 rings (SSSR count). The van der Waals surface area contributed by atoms with Crippen molar-refractivity contribution in [2.24, 2.45) is 5.41 Å². The highest BCUT2D eigenvalue weighted by atomic mass is 15.0. The summed E-state index contributed by atoms with van der Waals surface area (Å²) in [6.45, 7) is 13.5. The van der Waals surface area contributed by atoms with Crippen LogP contribution in [0.25, 0.3) is 0 Å². The number of rotatable bonds is 4. The topological polar surface area (TPSA) is 24.9 Å². The average Bonchev–Trinajstić information content (AvgIpc) is 2.14. The van der Waals surface area contributed by atoms with Crippen molar-refractivity contribution in [1.29, 1.82) is 0 Å². The summed E-state index contributed by atoms with van der Waals surface area (Å²) in [6.07, 6.45) is 2.99. The third kappa shape index (κ3) is 5.31. The van der Waals surface area contributed by atoms with E-state index < -0.39 is 0 Å². The molecule has 1 atom stereocenters. The van der Waals surface area contributed by atoms with E-state index in [9.17, 15) is 0 Å². The minimum atomic E-state index is 0.120. The van der Waals surface area contributed by atoms with Gasteiger partial charge in [0.1, 0.15) is 0 Å². The fourth-order valence-corrected chi connectivity index (χ4v) is 2.67. The van der Waals surface area contributed by atoms with Crippen LogP contribution in [0.15, 0.2) is 24.4 Å². The van der Waals surface area contributed by atoms with Crippen molar-refractivity contribution in [2.75, 3.05) is 0 Å². The lowest BCUT2D eigenvalue weighted by molar-refractivity contribution is 0.225. The first kappa shape index (κ1) is 14.2. The summed E-state index contributed by atoms with van der Waals surface area (Å²) in [5.74, 6) is 0. The molecule has 0 bridgehead atoms. The summed E-state index contributed by atoms with van der Waals surface area (Å²) in [6, 6.07) is 6.35. The van der Waals surface area contributed by atoms with Gasteiger partial charge >= 0.3 is 0 Å². The zero-order chi connectivity index (χ0) is 13.1. The highest BCUT2D eigenvalue weighted by molar-refractivity contribution is 5.08. The van der Waals surface area contributed by atoms with Crippen LogP contribution in [-0.2, 0) is 0 Å². The standard InChI is InChI=1S/C15H26N2/c1-12(13-9-7-8-10-16-13)17-15(5,6)11-14(2,3)4/h7-10,12,17H,11H2,1-6H3. The van der Waals surface area contributed by atoms with E-state index in [1.165, 1.54) is 0 Å². The lowest BCUT2D eigenvalue weighted by Crippen LogP contribution is -2.43. The molecule has 1 aromatic rings. The van der Waals surface area contributed by atoms with Crippen molar-refractivity contribution < 1.29 is 0 Å². The Balaban J connectivity index is 2.65. The number of pyridine rings is 1. The summed E-state index contributed by atoms with van der Waals surface area (Å²) < 4.78 is 0. The first-order chi connectivity index (χ1) is 7.70.